The highest BCUT2D eigenvalue weighted by atomic mass is 16.2. The zero-order chi connectivity index (χ0) is 22.8. The number of carbonyl (C=O) groups excluding carboxylic acids is 2. The summed E-state index contributed by atoms with van der Waals surface area (Å²) in [6.45, 7) is 5.20. The number of benzene rings is 2. The number of para-hydroxylation sites is 2. The number of anilines is 1. The molecular formula is C26H31N5O2. The van der Waals surface area contributed by atoms with Crippen molar-refractivity contribution < 1.29 is 9.59 Å². The predicted octanol–water partition coefficient (Wildman–Crippen LogP) is 3.26. The number of piperidine rings is 1. The van der Waals surface area contributed by atoms with Crippen LogP contribution in [0.1, 0.15) is 37.6 Å². The highest BCUT2D eigenvalue weighted by molar-refractivity contribution is 6.00. The van der Waals surface area contributed by atoms with Crippen molar-refractivity contribution in [2.45, 2.75) is 45.2 Å². The van der Waals surface area contributed by atoms with E-state index < -0.39 is 0 Å². The zero-order valence-corrected chi connectivity index (χ0v) is 19.1. The smallest absolute Gasteiger partial charge is 0.227 e. The number of amides is 2. The fourth-order valence-electron chi connectivity index (χ4n) is 4.89. The fraction of sp³-hybridized carbons (Fsp3) is 0.423. The third kappa shape index (κ3) is 4.78. The molecule has 33 heavy (non-hydrogen) atoms. The lowest BCUT2D eigenvalue weighted by Crippen LogP contribution is -2.46. The summed E-state index contributed by atoms with van der Waals surface area (Å²) in [5.74, 6) is 0.735. The van der Waals surface area contributed by atoms with E-state index in [-0.39, 0.29) is 30.2 Å². The molecule has 1 aromatic heterocycles. The summed E-state index contributed by atoms with van der Waals surface area (Å²) >= 11 is 0. The quantitative estimate of drug-likeness (QED) is 0.610. The molecule has 2 saturated heterocycles. The van der Waals surface area contributed by atoms with Gasteiger partial charge >= 0.3 is 0 Å². The molecule has 0 saturated carbocycles. The number of hydrogen-bond donors (Lipinski definition) is 2. The van der Waals surface area contributed by atoms with Crippen LogP contribution < -0.4 is 10.2 Å². The Morgan fingerprint density at radius 1 is 1.12 bits per heavy atom. The number of imidazole rings is 1. The molecule has 7 nitrogen and oxygen atoms in total. The summed E-state index contributed by atoms with van der Waals surface area (Å²) in [6, 6.07) is 16.3. The van der Waals surface area contributed by atoms with Gasteiger partial charge in [0.15, 0.2) is 0 Å². The number of rotatable bonds is 6. The average Bonchev–Trinajstić information content (AvgIpc) is 3.43. The van der Waals surface area contributed by atoms with Gasteiger partial charge in [-0.3, -0.25) is 14.5 Å². The molecule has 3 heterocycles. The Labute approximate surface area is 194 Å². The van der Waals surface area contributed by atoms with E-state index >= 15 is 0 Å². The van der Waals surface area contributed by atoms with Gasteiger partial charge in [0.1, 0.15) is 5.82 Å². The van der Waals surface area contributed by atoms with Crippen LogP contribution in [0.25, 0.3) is 11.0 Å². The minimum Gasteiger partial charge on any atom is -0.353 e. The highest BCUT2D eigenvalue weighted by Gasteiger charge is 2.36. The van der Waals surface area contributed by atoms with E-state index in [1.807, 2.05) is 36.4 Å². The maximum atomic E-state index is 12.9. The monoisotopic (exact) mass is 445 g/mol. The third-order valence-corrected chi connectivity index (χ3v) is 6.90. The molecule has 3 aromatic rings. The van der Waals surface area contributed by atoms with Gasteiger partial charge in [0.2, 0.25) is 11.8 Å². The van der Waals surface area contributed by atoms with Gasteiger partial charge in [0.05, 0.1) is 23.5 Å². The van der Waals surface area contributed by atoms with Crippen molar-refractivity contribution in [1.82, 2.24) is 20.2 Å². The number of carbonyl (C=O) groups is 2. The number of aromatic nitrogens is 2. The number of hydrogen-bond acceptors (Lipinski definition) is 4. The van der Waals surface area contributed by atoms with Crippen LogP contribution in [-0.2, 0) is 22.6 Å². The number of aryl methyl sites for hydroxylation is 1. The molecule has 2 N–H and O–H groups in total. The molecule has 0 aliphatic carbocycles. The number of likely N-dealkylation sites (tertiary alicyclic amines) is 1. The van der Waals surface area contributed by atoms with Crippen molar-refractivity contribution in [2.75, 3.05) is 24.5 Å². The topological polar surface area (TPSA) is 81.3 Å². The first kappa shape index (κ1) is 21.6. The standard InChI is InChI=1S/C26H31N5O2/c1-2-18-7-9-21(10-8-18)31-16-19(15-25(31)32)26(33)27-20-11-13-30(14-12-20)17-24-28-22-5-3-4-6-23(22)29-24/h3-10,19-20H,2,11-17H2,1H3,(H,27,33)(H,28,29)/t19-/m1/s1. The molecule has 5 rings (SSSR count). The molecule has 2 aromatic carbocycles. The first-order valence-electron chi connectivity index (χ1n) is 11.9. The van der Waals surface area contributed by atoms with Crippen LogP contribution in [0.2, 0.25) is 0 Å². The van der Waals surface area contributed by atoms with E-state index in [4.69, 9.17) is 0 Å². The van der Waals surface area contributed by atoms with Crippen molar-refractivity contribution in [1.29, 1.82) is 0 Å². The summed E-state index contributed by atoms with van der Waals surface area (Å²) in [7, 11) is 0. The second-order valence-corrected chi connectivity index (χ2v) is 9.19. The second-order valence-electron chi connectivity index (χ2n) is 9.19. The Bertz CT molecular complexity index is 1100. The van der Waals surface area contributed by atoms with E-state index in [0.29, 0.717) is 6.54 Å². The van der Waals surface area contributed by atoms with Gasteiger partial charge in [-0.2, -0.15) is 0 Å². The Hall–Kier alpha value is -3.19. The van der Waals surface area contributed by atoms with Crippen LogP contribution in [0, 0.1) is 5.92 Å². The van der Waals surface area contributed by atoms with Gasteiger partial charge in [-0.1, -0.05) is 31.2 Å². The summed E-state index contributed by atoms with van der Waals surface area (Å²) < 4.78 is 0. The van der Waals surface area contributed by atoms with E-state index in [0.717, 1.165) is 61.4 Å². The SMILES string of the molecule is CCc1ccc(N2C[C@H](C(=O)NC3CCN(Cc4nc5ccccc5[nH]4)CC3)CC2=O)cc1. The Balaban J connectivity index is 1.11. The number of aromatic amines is 1. The van der Waals surface area contributed by atoms with E-state index in [1.165, 1.54) is 5.56 Å². The molecule has 2 aliphatic rings. The summed E-state index contributed by atoms with van der Waals surface area (Å²) in [4.78, 5) is 37.6. The van der Waals surface area contributed by atoms with Crippen molar-refractivity contribution in [3.05, 3.63) is 59.9 Å². The maximum Gasteiger partial charge on any atom is 0.227 e. The number of nitrogens with zero attached hydrogens (tertiary/aromatic N) is 3. The van der Waals surface area contributed by atoms with Crippen LogP contribution in [0.5, 0.6) is 0 Å². The van der Waals surface area contributed by atoms with Crippen LogP contribution in [-0.4, -0.2) is 52.4 Å². The van der Waals surface area contributed by atoms with Gasteiger partial charge in [0, 0.05) is 37.8 Å². The molecule has 2 amide bonds. The lowest BCUT2D eigenvalue weighted by atomic mass is 10.0. The van der Waals surface area contributed by atoms with E-state index in [2.05, 4.69) is 39.2 Å². The van der Waals surface area contributed by atoms with Gasteiger partial charge in [0.25, 0.3) is 0 Å². The molecular weight excluding hydrogens is 414 g/mol. The lowest BCUT2D eigenvalue weighted by Gasteiger charge is -2.32. The van der Waals surface area contributed by atoms with Crippen LogP contribution in [0.4, 0.5) is 5.69 Å². The minimum atomic E-state index is -0.281. The molecule has 1 atom stereocenters. The minimum absolute atomic E-state index is 0.00626. The Morgan fingerprint density at radius 2 is 1.88 bits per heavy atom. The maximum absolute atomic E-state index is 12.9. The largest absolute Gasteiger partial charge is 0.353 e. The highest BCUT2D eigenvalue weighted by Crippen LogP contribution is 2.26. The predicted molar refractivity (Wildman–Crippen MR) is 129 cm³/mol. The molecule has 0 bridgehead atoms. The lowest BCUT2D eigenvalue weighted by molar-refractivity contribution is -0.127. The van der Waals surface area contributed by atoms with Crippen molar-refractivity contribution in [2.24, 2.45) is 5.92 Å². The molecule has 0 unspecified atom stereocenters. The van der Waals surface area contributed by atoms with Gasteiger partial charge in [-0.25, -0.2) is 4.98 Å². The third-order valence-electron chi connectivity index (χ3n) is 6.90. The van der Waals surface area contributed by atoms with E-state index in [9.17, 15) is 9.59 Å². The van der Waals surface area contributed by atoms with E-state index in [1.54, 1.807) is 4.90 Å². The number of nitrogens with one attached hydrogen (secondary N) is 2. The van der Waals surface area contributed by atoms with Gasteiger partial charge < -0.3 is 15.2 Å². The van der Waals surface area contributed by atoms with Crippen LogP contribution in [0.3, 0.4) is 0 Å². The number of H-pyrrole nitrogens is 1. The molecule has 172 valence electrons. The number of fused-ring (bicyclic) bond motifs is 1. The Morgan fingerprint density at radius 3 is 2.61 bits per heavy atom. The Kier molecular flexibility index (Phi) is 6.13. The van der Waals surface area contributed by atoms with Crippen LogP contribution in [0.15, 0.2) is 48.5 Å². The summed E-state index contributed by atoms with van der Waals surface area (Å²) in [5, 5.41) is 3.21. The molecule has 2 fully saturated rings. The first-order valence-corrected chi connectivity index (χ1v) is 11.9. The molecule has 0 spiro atoms. The van der Waals surface area contributed by atoms with Gasteiger partial charge in [-0.15, -0.1) is 0 Å². The summed E-state index contributed by atoms with van der Waals surface area (Å²) in [6.07, 6.45) is 3.08. The fourth-order valence-corrected chi connectivity index (χ4v) is 4.89. The molecule has 7 heteroatoms. The summed E-state index contributed by atoms with van der Waals surface area (Å²) in [5.41, 5.74) is 4.19. The first-order chi connectivity index (χ1) is 16.1. The average molecular weight is 446 g/mol. The van der Waals surface area contributed by atoms with Crippen LogP contribution >= 0.6 is 0 Å². The van der Waals surface area contributed by atoms with Crippen molar-refractivity contribution in [3.63, 3.8) is 0 Å². The van der Waals surface area contributed by atoms with Gasteiger partial charge in [-0.05, 0) is 49.1 Å². The normalized spacial score (nSPS) is 20.0. The van der Waals surface area contributed by atoms with Crippen molar-refractivity contribution in [3.8, 4) is 0 Å². The molecule has 0 radical (unpaired) electrons. The zero-order valence-electron chi connectivity index (χ0n) is 19.1. The van der Waals surface area contributed by atoms with Crippen molar-refractivity contribution >= 4 is 28.5 Å². The second kappa shape index (κ2) is 9.35. The molecule has 2 aliphatic heterocycles.